The van der Waals surface area contributed by atoms with E-state index in [1.165, 1.54) is 5.69 Å². The number of nitrogens with zero attached hydrogens (tertiary/aromatic N) is 3. The van der Waals surface area contributed by atoms with E-state index in [0.29, 0.717) is 6.54 Å². The van der Waals surface area contributed by atoms with Gasteiger partial charge in [0.15, 0.2) is 0 Å². The van der Waals surface area contributed by atoms with Crippen molar-refractivity contribution in [1.29, 1.82) is 0 Å². The predicted octanol–water partition coefficient (Wildman–Crippen LogP) is 2.92. The molecule has 160 valence electrons. The quantitative estimate of drug-likeness (QED) is 0.656. The van der Waals surface area contributed by atoms with E-state index in [4.69, 9.17) is 4.74 Å². The largest absolute Gasteiger partial charge is 0.372 e. The van der Waals surface area contributed by atoms with Gasteiger partial charge in [-0.2, -0.15) is 0 Å². The van der Waals surface area contributed by atoms with Crippen molar-refractivity contribution in [3.63, 3.8) is 0 Å². The number of imidazole rings is 1. The fraction of sp³-hybridized carbons (Fsp3) is 0.435. The highest BCUT2D eigenvalue weighted by Gasteiger charge is 2.22. The van der Waals surface area contributed by atoms with E-state index in [0.717, 1.165) is 42.0 Å². The summed E-state index contributed by atoms with van der Waals surface area (Å²) in [5.41, 5.74) is 5.08. The highest BCUT2D eigenvalue weighted by atomic mass is 16.5. The minimum Gasteiger partial charge on any atom is -0.372 e. The Hall–Kier alpha value is -2.77. The van der Waals surface area contributed by atoms with Gasteiger partial charge in [-0.1, -0.05) is 0 Å². The maximum absolute atomic E-state index is 12.6. The standard InChI is InChI=1S/C23H31N5O2/c1-16-14-27(15-17(2)30-16)20-8-5-18(6-9-20)25-19-7-10-21-22(13-19)26(4)23(29)28(21)12-11-24-3/h5-10,13,16-17,24-25H,11-12,14-15H2,1-4H3. The van der Waals surface area contributed by atoms with Gasteiger partial charge in [0.05, 0.1) is 23.2 Å². The van der Waals surface area contributed by atoms with Crippen LogP contribution in [0.3, 0.4) is 0 Å². The Morgan fingerprint density at radius 2 is 1.67 bits per heavy atom. The fourth-order valence-electron chi connectivity index (χ4n) is 4.24. The van der Waals surface area contributed by atoms with Crippen molar-refractivity contribution in [2.75, 3.05) is 36.9 Å². The van der Waals surface area contributed by atoms with Gasteiger partial charge >= 0.3 is 5.69 Å². The molecule has 1 aliphatic rings. The molecule has 0 aliphatic carbocycles. The number of rotatable bonds is 6. The van der Waals surface area contributed by atoms with E-state index in [1.54, 1.807) is 4.57 Å². The summed E-state index contributed by atoms with van der Waals surface area (Å²) in [6.07, 6.45) is 0.482. The molecular formula is C23H31N5O2. The average Bonchev–Trinajstić information content (AvgIpc) is 2.96. The lowest BCUT2D eigenvalue weighted by Gasteiger charge is -2.36. The molecule has 7 heteroatoms. The van der Waals surface area contributed by atoms with Gasteiger partial charge in [0.1, 0.15) is 0 Å². The SMILES string of the molecule is CNCCn1c(=O)n(C)c2cc(Nc3ccc(N4CC(C)OC(C)C4)cc3)ccc21. The van der Waals surface area contributed by atoms with Crippen LogP contribution in [0.1, 0.15) is 13.8 Å². The highest BCUT2D eigenvalue weighted by Crippen LogP contribution is 2.25. The van der Waals surface area contributed by atoms with Gasteiger partial charge in [-0.05, 0) is 63.4 Å². The molecule has 1 saturated heterocycles. The third kappa shape index (κ3) is 4.08. The predicted molar refractivity (Wildman–Crippen MR) is 123 cm³/mol. The number of aromatic nitrogens is 2. The number of benzene rings is 2. The number of likely N-dealkylation sites (N-methyl/N-ethyl adjacent to an activating group) is 1. The highest BCUT2D eigenvalue weighted by molar-refractivity contribution is 5.81. The van der Waals surface area contributed by atoms with Crippen LogP contribution in [0.5, 0.6) is 0 Å². The maximum Gasteiger partial charge on any atom is 0.328 e. The smallest absolute Gasteiger partial charge is 0.328 e. The molecule has 0 saturated carbocycles. The van der Waals surface area contributed by atoms with Gasteiger partial charge in [-0.25, -0.2) is 4.79 Å². The zero-order valence-corrected chi connectivity index (χ0v) is 18.2. The molecule has 1 fully saturated rings. The summed E-state index contributed by atoms with van der Waals surface area (Å²) in [6.45, 7) is 7.46. The molecule has 0 radical (unpaired) electrons. The summed E-state index contributed by atoms with van der Waals surface area (Å²) in [5.74, 6) is 0. The van der Waals surface area contributed by atoms with Crippen LogP contribution in [-0.4, -0.2) is 48.0 Å². The molecule has 0 bridgehead atoms. The summed E-state index contributed by atoms with van der Waals surface area (Å²) >= 11 is 0. The second-order valence-corrected chi connectivity index (χ2v) is 8.13. The van der Waals surface area contributed by atoms with Crippen LogP contribution >= 0.6 is 0 Å². The number of hydrogen-bond donors (Lipinski definition) is 2. The first-order chi connectivity index (χ1) is 14.5. The number of anilines is 3. The number of ether oxygens (including phenoxy) is 1. The van der Waals surface area contributed by atoms with Crippen LogP contribution in [0.2, 0.25) is 0 Å². The average molecular weight is 410 g/mol. The summed E-state index contributed by atoms with van der Waals surface area (Å²) in [4.78, 5) is 14.9. The Kier molecular flexibility index (Phi) is 5.83. The third-order valence-corrected chi connectivity index (χ3v) is 5.67. The molecule has 30 heavy (non-hydrogen) atoms. The topological polar surface area (TPSA) is 63.5 Å². The van der Waals surface area contributed by atoms with E-state index in [-0.39, 0.29) is 17.9 Å². The molecule has 2 atom stereocenters. The molecule has 4 rings (SSSR count). The molecule has 0 amide bonds. The van der Waals surface area contributed by atoms with Crippen LogP contribution in [-0.2, 0) is 18.3 Å². The van der Waals surface area contributed by atoms with Gasteiger partial charge in [0, 0.05) is 50.3 Å². The van der Waals surface area contributed by atoms with Crippen LogP contribution in [0, 0.1) is 0 Å². The first kappa shape index (κ1) is 20.5. The van der Waals surface area contributed by atoms with Crippen molar-refractivity contribution in [2.45, 2.75) is 32.6 Å². The lowest BCUT2D eigenvalue weighted by molar-refractivity contribution is -0.00521. The van der Waals surface area contributed by atoms with Crippen molar-refractivity contribution in [3.05, 3.63) is 52.9 Å². The number of fused-ring (bicyclic) bond motifs is 1. The molecule has 1 aliphatic heterocycles. The minimum absolute atomic E-state index is 0.00993. The van der Waals surface area contributed by atoms with Crippen molar-refractivity contribution in [3.8, 4) is 0 Å². The van der Waals surface area contributed by atoms with E-state index in [1.807, 2.05) is 36.9 Å². The van der Waals surface area contributed by atoms with Crippen LogP contribution in [0.4, 0.5) is 17.1 Å². The van der Waals surface area contributed by atoms with Crippen molar-refractivity contribution in [1.82, 2.24) is 14.5 Å². The van der Waals surface area contributed by atoms with E-state index >= 15 is 0 Å². The van der Waals surface area contributed by atoms with Crippen LogP contribution < -0.4 is 21.2 Å². The van der Waals surface area contributed by atoms with Gasteiger partial charge in [-0.15, -0.1) is 0 Å². The van der Waals surface area contributed by atoms with Crippen LogP contribution in [0.25, 0.3) is 11.0 Å². The van der Waals surface area contributed by atoms with Crippen molar-refractivity contribution in [2.24, 2.45) is 7.05 Å². The van der Waals surface area contributed by atoms with E-state index in [9.17, 15) is 4.79 Å². The Labute approximate surface area is 177 Å². The Bertz CT molecular complexity index is 1060. The second-order valence-electron chi connectivity index (χ2n) is 8.13. The first-order valence-corrected chi connectivity index (χ1v) is 10.6. The van der Waals surface area contributed by atoms with Gasteiger partial charge in [-0.3, -0.25) is 9.13 Å². The van der Waals surface area contributed by atoms with Crippen molar-refractivity contribution >= 4 is 28.1 Å². The molecule has 2 unspecified atom stereocenters. The molecule has 3 aromatic rings. The van der Waals surface area contributed by atoms with Crippen molar-refractivity contribution < 1.29 is 4.74 Å². The molecule has 2 N–H and O–H groups in total. The lowest BCUT2D eigenvalue weighted by Crippen LogP contribution is -2.45. The second kappa shape index (κ2) is 8.53. The third-order valence-electron chi connectivity index (χ3n) is 5.67. The summed E-state index contributed by atoms with van der Waals surface area (Å²) in [7, 11) is 3.72. The molecule has 1 aromatic heterocycles. The molecule has 7 nitrogen and oxygen atoms in total. The number of morpholine rings is 1. The van der Waals surface area contributed by atoms with Gasteiger partial charge in [0.25, 0.3) is 0 Å². The van der Waals surface area contributed by atoms with Gasteiger partial charge in [0.2, 0.25) is 0 Å². The Morgan fingerprint density at radius 1 is 1.00 bits per heavy atom. The number of aryl methyl sites for hydroxylation is 1. The zero-order valence-electron chi connectivity index (χ0n) is 18.2. The maximum atomic E-state index is 12.6. The van der Waals surface area contributed by atoms with E-state index < -0.39 is 0 Å². The molecule has 2 heterocycles. The first-order valence-electron chi connectivity index (χ1n) is 10.6. The fourth-order valence-corrected chi connectivity index (χ4v) is 4.24. The minimum atomic E-state index is 0.00993. The Balaban J connectivity index is 1.53. The zero-order chi connectivity index (χ0) is 21.3. The van der Waals surface area contributed by atoms with E-state index in [2.05, 4.69) is 53.6 Å². The summed E-state index contributed by atoms with van der Waals surface area (Å²) in [5, 5.41) is 6.57. The number of nitrogens with one attached hydrogen (secondary N) is 2. The monoisotopic (exact) mass is 409 g/mol. The summed E-state index contributed by atoms with van der Waals surface area (Å²) < 4.78 is 9.36. The molecule has 2 aromatic carbocycles. The lowest BCUT2D eigenvalue weighted by atomic mass is 10.2. The van der Waals surface area contributed by atoms with Crippen LogP contribution in [0.15, 0.2) is 47.3 Å². The van der Waals surface area contributed by atoms with Gasteiger partial charge < -0.3 is 20.3 Å². The normalized spacial score (nSPS) is 19.4. The summed E-state index contributed by atoms with van der Waals surface area (Å²) in [6, 6.07) is 14.6. The molecule has 0 spiro atoms. The molecular weight excluding hydrogens is 378 g/mol. The Morgan fingerprint density at radius 3 is 2.33 bits per heavy atom. The number of hydrogen-bond acceptors (Lipinski definition) is 5.